The van der Waals surface area contributed by atoms with E-state index in [-0.39, 0.29) is 48.6 Å². The van der Waals surface area contributed by atoms with Crippen LogP contribution in [0.3, 0.4) is 0 Å². The molecular weight excluding hydrogens is 692 g/mol. The molecule has 4 N–H and O–H groups in total. The van der Waals surface area contributed by atoms with Gasteiger partial charge in [-0.3, -0.25) is 28.8 Å². The highest BCUT2D eigenvalue weighted by Crippen LogP contribution is 2.41. The molecule has 2 aliphatic rings. The molecule has 1 aliphatic heterocycles. The smallest absolute Gasteiger partial charge is 0.407 e. The second-order valence-electron chi connectivity index (χ2n) is 17.0. The maximum absolute atomic E-state index is 14.4. The van der Waals surface area contributed by atoms with Gasteiger partial charge in [-0.2, -0.15) is 0 Å². The molecule has 14 nitrogen and oxygen atoms in total. The van der Waals surface area contributed by atoms with Crippen LogP contribution in [0.4, 0.5) is 4.79 Å². The van der Waals surface area contributed by atoms with E-state index in [4.69, 9.17) is 4.74 Å². The molecule has 1 saturated heterocycles. The predicted octanol–water partition coefficient (Wildman–Crippen LogP) is 3.50. The molecule has 1 heterocycles. The molecule has 6 amide bonds. The second-order valence-corrected chi connectivity index (χ2v) is 17.0. The van der Waals surface area contributed by atoms with Gasteiger partial charge in [0.2, 0.25) is 29.4 Å². The molecule has 0 spiro atoms. The third-order valence-electron chi connectivity index (χ3n) is 10.2. The minimum atomic E-state index is -1.21. The summed E-state index contributed by atoms with van der Waals surface area (Å²) < 4.78 is 5.40. The van der Waals surface area contributed by atoms with E-state index in [9.17, 15) is 33.6 Å². The fourth-order valence-electron chi connectivity index (χ4n) is 7.10. The zero-order chi connectivity index (χ0) is 40.4. The van der Waals surface area contributed by atoms with Crippen molar-refractivity contribution in [3.63, 3.8) is 0 Å². The van der Waals surface area contributed by atoms with E-state index in [1.165, 1.54) is 9.80 Å². The van der Waals surface area contributed by atoms with Crippen LogP contribution in [0.25, 0.3) is 0 Å². The Morgan fingerprint density at radius 3 is 2.11 bits per heavy atom. The molecule has 300 valence electrons. The van der Waals surface area contributed by atoms with Crippen molar-refractivity contribution in [3.05, 3.63) is 35.9 Å². The molecule has 1 aliphatic carbocycles. The number of nitrogens with one attached hydrogen (secondary N) is 4. The minimum absolute atomic E-state index is 0.108. The Morgan fingerprint density at radius 1 is 0.907 bits per heavy atom. The van der Waals surface area contributed by atoms with Crippen LogP contribution in [0.5, 0.6) is 0 Å². The molecule has 1 unspecified atom stereocenters. The van der Waals surface area contributed by atoms with Crippen molar-refractivity contribution in [1.82, 2.24) is 31.1 Å². The first-order chi connectivity index (χ1) is 25.2. The van der Waals surface area contributed by atoms with Gasteiger partial charge in [0.25, 0.3) is 5.91 Å². The SMILES string of the molecule is CCC[C@H](NC(=O)[C@@H]1CC(C)(C)CN1C(=O)[C@@H](NC(=O)OCC(C)C)C1CCC(C)(C)CC1)C(=O)C(=O)NCC(=O)NC(C(=O)N(C)C)c1ccccc1. The quantitative estimate of drug-likeness (QED) is 0.185. The van der Waals surface area contributed by atoms with Crippen LogP contribution in [0.2, 0.25) is 0 Å². The lowest BCUT2D eigenvalue weighted by molar-refractivity contribution is -0.143. The van der Waals surface area contributed by atoms with Crippen LogP contribution >= 0.6 is 0 Å². The third kappa shape index (κ3) is 12.5. The normalized spacial score (nSPS) is 19.5. The first-order valence-electron chi connectivity index (χ1n) is 19.2. The summed E-state index contributed by atoms with van der Waals surface area (Å²) in [5, 5.41) is 10.5. The van der Waals surface area contributed by atoms with Gasteiger partial charge in [-0.15, -0.1) is 0 Å². The zero-order valence-corrected chi connectivity index (χ0v) is 33.6. The summed E-state index contributed by atoms with van der Waals surface area (Å²) in [7, 11) is 3.12. The van der Waals surface area contributed by atoms with Gasteiger partial charge in [0.1, 0.15) is 18.1 Å². The Balaban J connectivity index is 1.73. The van der Waals surface area contributed by atoms with Gasteiger partial charge in [0.15, 0.2) is 0 Å². The van der Waals surface area contributed by atoms with Crippen molar-refractivity contribution >= 4 is 41.4 Å². The minimum Gasteiger partial charge on any atom is -0.449 e. The molecular formula is C40H62N6O8. The van der Waals surface area contributed by atoms with Gasteiger partial charge >= 0.3 is 6.09 Å². The number of carbonyl (C=O) groups is 7. The summed E-state index contributed by atoms with van der Waals surface area (Å²) in [4.78, 5) is 96.3. The topological polar surface area (TPSA) is 183 Å². The zero-order valence-electron chi connectivity index (χ0n) is 33.6. The lowest BCUT2D eigenvalue weighted by Gasteiger charge is -2.39. The number of likely N-dealkylation sites (tertiary alicyclic amines) is 1. The number of nitrogens with zero attached hydrogens (tertiary/aromatic N) is 2. The molecule has 4 atom stereocenters. The van der Waals surface area contributed by atoms with Crippen LogP contribution in [-0.2, 0) is 33.5 Å². The fraction of sp³-hybridized carbons (Fsp3) is 0.675. The van der Waals surface area contributed by atoms with Crippen molar-refractivity contribution in [2.75, 3.05) is 33.8 Å². The van der Waals surface area contributed by atoms with Gasteiger partial charge in [-0.05, 0) is 66.8 Å². The van der Waals surface area contributed by atoms with E-state index in [1.54, 1.807) is 51.4 Å². The second kappa shape index (κ2) is 19.2. The third-order valence-corrected chi connectivity index (χ3v) is 10.2. The summed E-state index contributed by atoms with van der Waals surface area (Å²) in [5.74, 6) is -4.06. The van der Waals surface area contributed by atoms with E-state index in [2.05, 4.69) is 35.1 Å². The van der Waals surface area contributed by atoms with Crippen LogP contribution in [-0.4, -0.2) is 103 Å². The number of ether oxygens (including phenoxy) is 1. The summed E-state index contributed by atoms with van der Waals surface area (Å²) in [6, 6.07) is 4.59. The number of carbonyl (C=O) groups excluding carboxylic acids is 7. The Bertz CT molecular complexity index is 1500. The van der Waals surface area contributed by atoms with Crippen LogP contribution in [0.15, 0.2) is 30.3 Å². The van der Waals surface area contributed by atoms with Crippen molar-refractivity contribution in [2.24, 2.45) is 22.7 Å². The standard InChI is InChI=1S/C40H62N6O8/c1-10-14-28(33(48)35(50)41-22-30(47)43-31(36(51)45(8)9)26-15-12-11-13-16-26)42-34(49)29-21-40(6,7)24-46(29)37(52)32(44-38(53)54-23-25(2)3)27-17-19-39(4,5)20-18-27/h11-13,15-16,25,27-29,31-32H,10,14,17-24H2,1-9H3,(H,41,50)(H,42,49)(H,43,47)(H,44,53)/t28-,29-,31?,32-/m0/s1. The Labute approximate surface area is 320 Å². The molecule has 0 bridgehead atoms. The van der Waals surface area contributed by atoms with Crippen molar-refractivity contribution < 1.29 is 38.3 Å². The van der Waals surface area contributed by atoms with Gasteiger partial charge in [0, 0.05) is 20.6 Å². The lowest BCUT2D eigenvalue weighted by Crippen LogP contribution is -2.58. The van der Waals surface area contributed by atoms with Crippen molar-refractivity contribution in [2.45, 2.75) is 118 Å². The van der Waals surface area contributed by atoms with E-state index < -0.39 is 65.7 Å². The Morgan fingerprint density at radius 2 is 1.54 bits per heavy atom. The summed E-state index contributed by atoms with van der Waals surface area (Å²) in [6.45, 7) is 13.8. The van der Waals surface area contributed by atoms with E-state index in [1.807, 2.05) is 27.7 Å². The van der Waals surface area contributed by atoms with E-state index >= 15 is 0 Å². The largest absolute Gasteiger partial charge is 0.449 e. The average molecular weight is 755 g/mol. The predicted molar refractivity (Wildman–Crippen MR) is 204 cm³/mol. The first kappa shape index (κ1) is 43.9. The lowest BCUT2D eigenvalue weighted by atomic mass is 9.71. The monoisotopic (exact) mass is 754 g/mol. The summed E-state index contributed by atoms with van der Waals surface area (Å²) in [5.41, 5.74) is 0.221. The van der Waals surface area contributed by atoms with Crippen molar-refractivity contribution in [1.29, 1.82) is 0 Å². The number of ketones is 1. The van der Waals surface area contributed by atoms with Gasteiger partial charge < -0.3 is 35.8 Å². The maximum atomic E-state index is 14.4. The molecule has 1 saturated carbocycles. The number of Topliss-reactive ketones (excluding diaryl/α,β-unsaturated/α-hetero) is 1. The van der Waals surface area contributed by atoms with E-state index in [0.717, 1.165) is 25.7 Å². The molecule has 3 rings (SSSR count). The highest BCUT2D eigenvalue weighted by Gasteiger charge is 2.48. The molecule has 1 aromatic carbocycles. The Kier molecular flexibility index (Phi) is 15.6. The maximum Gasteiger partial charge on any atom is 0.407 e. The average Bonchev–Trinajstić information content (AvgIpc) is 3.45. The number of benzene rings is 1. The summed E-state index contributed by atoms with van der Waals surface area (Å²) in [6.07, 6.45) is 3.43. The van der Waals surface area contributed by atoms with Crippen LogP contribution in [0, 0.1) is 22.7 Å². The van der Waals surface area contributed by atoms with Crippen LogP contribution in [0.1, 0.15) is 105 Å². The number of alkyl carbamates (subject to hydrolysis) is 1. The highest BCUT2D eigenvalue weighted by atomic mass is 16.5. The Hall–Kier alpha value is -4.49. The number of hydrogen-bond acceptors (Lipinski definition) is 8. The molecule has 54 heavy (non-hydrogen) atoms. The number of amides is 6. The molecule has 14 heteroatoms. The van der Waals surface area contributed by atoms with E-state index in [0.29, 0.717) is 18.4 Å². The number of likely N-dealkylation sites (N-methyl/N-ethyl adjacent to an activating group) is 1. The number of rotatable bonds is 16. The molecule has 0 radical (unpaired) electrons. The van der Waals surface area contributed by atoms with Gasteiger partial charge in [-0.25, -0.2) is 4.79 Å². The summed E-state index contributed by atoms with van der Waals surface area (Å²) >= 11 is 0. The van der Waals surface area contributed by atoms with Gasteiger partial charge in [0.05, 0.1) is 19.2 Å². The molecule has 1 aromatic rings. The fourth-order valence-corrected chi connectivity index (χ4v) is 7.10. The molecule has 2 fully saturated rings. The first-order valence-corrected chi connectivity index (χ1v) is 19.2. The van der Waals surface area contributed by atoms with Gasteiger partial charge in [-0.1, -0.05) is 85.2 Å². The van der Waals surface area contributed by atoms with Crippen LogP contribution < -0.4 is 21.3 Å². The highest BCUT2D eigenvalue weighted by molar-refractivity contribution is 6.38. The number of hydrogen-bond donors (Lipinski definition) is 4. The molecule has 0 aromatic heterocycles. The van der Waals surface area contributed by atoms with Crippen molar-refractivity contribution in [3.8, 4) is 0 Å².